The van der Waals surface area contributed by atoms with E-state index in [1.807, 2.05) is 6.92 Å². The Morgan fingerprint density at radius 2 is 1.96 bits per heavy atom. The van der Waals surface area contributed by atoms with Gasteiger partial charge in [0.2, 0.25) is 5.82 Å². The number of alkyl halides is 3. The molecule has 0 N–H and O–H groups in total. The standard InChI is InChI=1S/C19H19F3N4O2/c1-12(11-26-10-9-18(26)7-2-8-18)23-16(27)14-5-3-13(4-6-14)15-24-17(28-25-15)19(20,21)22/h3-6H,2,7-11H2,1H3. The first-order valence-corrected chi connectivity index (χ1v) is 9.12. The molecule has 1 spiro atoms. The number of carbonyl (C=O) groups is 1. The summed E-state index contributed by atoms with van der Waals surface area (Å²) in [4.78, 5) is 22.3. The van der Waals surface area contributed by atoms with Crippen LogP contribution in [0.5, 0.6) is 0 Å². The number of aliphatic imine (C=N–C) groups is 1. The molecule has 1 aromatic carbocycles. The van der Waals surface area contributed by atoms with E-state index < -0.39 is 12.1 Å². The van der Waals surface area contributed by atoms with Gasteiger partial charge in [0.05, 0.1) is 0 Å². The molecule has 148 valence electrons. The molecular weight excluding hydrogens is 373 g/mol. The minimum absolute atomic E-state index is 0.186. The second-order valence-electron chi connectivity index (χ2n) is 7.40. The molecule has 2 aromatic rings. The van der Waals surface area contributed by atoms with Crippen molar-refractivity contribution in [1.29, 1.82) is 0 Å². The van der Waals surface area contributed by atoms with Gasteiger partial charge in [-0.25, -0.2) is 4.99 Å². The van der Waals surface area contributed by atoms with Crippen molar-refractivity contribution in [2.24, 2.45) is 4.99 Å². The summed E-state index contributed by atoms with van der Waals surface area (Å²) >= 11 is 0. The summed E-state index contributed by atoms with van der Waals surface area (Å²) in [5.41, 5.74) is 1.78. The molecule has 0 radical (unpaired) electrons. The molecule has 1 amide bonds. The third-order valence-corrected chi connectivity index (χ3v) is 5.57. The Balaban J connectivity index is 1.41. The van der Waals surface area contributed by atoms with E-state index in [1.165, 1.54) is 49.9 Å². The van der Waals surface area contributed by atoms with Crippen molar-refractivity contribution in [3.63, 3.8) is 0 Å². The lowest BCUT2D eigenvalue weighted by Gasteiger charge is -2.58. The number of benzene rings is 1. The number of amides is 1. The van der Waals surface area contributed by atoms with Crippen molar-refractivity contribution >= 4 is 11.6 Å². The number of nitrogens with zero attached hydrogens (tertiary/aromatic N) is 4. The number of rotatable bonds is 4. The highest BCUT2D eigenvalue weighted by molar-refractivity contribution is 6.04. The molecule has 1 aliphatic carbocycles. The normalized spacial score (nSPS) is 19.4. The largest absolute Gasteiger partial charge is 0.471 e. The molecule has 2 aliphatic rings. The first-order chi connectivity index (χ1) is 13.3. The van der Waals surface area contributed by atoms with Crippen LogP contribution in [0.3, 0.4) is 0 Å². The van der Waals surface area contributed by atoms with Crippen molar-refractivity contribution in [1.82, 2.24) is 15.0 Å². The van der Waals surface area contributed by atoms with Gasteiger partial charge in [0.25, 0.3) is 5.91 Å². The highest BCUT2D eigenvalue weighted by atomic mass is 19.4. The summed E-state index contributed by atoms with van der Waals surface area (Å²) in [5.74, 6) is -1.97. The first kappa shape index (κ1) is 18.8. The van der Waals surface area contributed by atoms with Crippen LogP contribution in [0.1, 0.15) is 48.9 Å². The van der Waals surface area contributed by atoms with E-state index in [4.69, 9.17) is 0 Å². The minimum Gasteiger partial charge on any atom is -0.329 e. The lowest BCUT2D eigenvalue weighted by atomic mass is 9.68. The van der Waals surface area contributed by atoms with Crippen molar-refractivity contribution in [2.45, 2.75) is 44.3 Å². The molecule has 1 aliphatic heterocycles. The monoisotopic (exact) mass is 392 g/mol. The van der Waals surface area contributed by atoms with Crippen molar-refractivity contribution in [2.75, 3.05) is 13.1 Å². The molecule has 2 heterocycles. The third-order valence-electron chi connectivity index (χ3n) is 5.57. The Hall–Kier alpha value is -2.55. The summed E-state index contributed by atoms with van der Waals surface area (Å²) in [6, 6.07) is 5.94. The molecule has 2 fully saturated rings. The van der Waals surface area contributed by atoms with Gasteiger partial charge < -0.3 is 4.52 Å². The third kappa shape index (κ3) is 3.46. The van der Waals surface area contributed by atoms with E-state index in [0.29, 0.717) is 23.2 Å². The van der Waals surface area contributed by atoms with E-state index in [0.717, 1.165) is 12.3 Å². The molecule has 0 bridgehead atoms. The van der Waals surface area contributed by atoms with Crippen LogP contribution in [0.4, 0.5) is 13.2 Å². The Morgan fingerprint density at radius 3 is 2.46 bits per heavy atom. The van der Waals surface area contributed by atoms with E-state index in [9.17, 15) is 18.0 Å². The fourth-order valence-corrected chi connectivity index (χ4v) is 3.75. The zero-order valence-corrected chi connectivity index (χ0v) is 15.3. The predicted octanol–water partition coefficient (Wildman–Crippen LogP) is 3.98. The zero-order valence-electron chi connectivity index (χ0n) is 15.3. The number of hydrogen-bond acceptors (Lipinski definition) is 5. The van der Waals surface area contributed by atoms with Crippen LogP contribution < -0.4 is 0 Å². The van der Waals surface area contributed by atoms with Gasteiger partial charge in [-0.1, -0.05) is 17.3 Å². The molecule has 4 rings (SSSR count). The van der Waals surface area contributed by atoms with Gasteiger partial charge in [0.15, 0.2) is 0 Å². The number of likely N-dealkylation sites (tertiary alicyclic amines) is 1. The second-order valence-corrected chi connectivity index (χ2v) is 7.40. The van der Waals surface area contributed by atoms with Gasteiger partial charge in [-0.05, 0) is 44.7 Å². The summed E-state index contributed by atoms with van der Waals surface area (Å²) in [6.45, 7) is 3.57. The van der Waals surface area contributed by atoms with Crippen LogP contribution in [0.15, 0.2) is 33.8 Å². The maximum Gasteiger partial charge on any atom is 0.471 e. The Labute approximate surface area is 159 Å². The van der Waals surface area contributed by atoms with Gasteiger partial charge >= 0.3 is 12.1 Å². The van der Waals surface area contributed by atoms with Gasteiger partial charge in [0.1, 0.15) is 0 Å². The van der Waals surface area contributed by atoms with Crippen LogP contribution in [0, 0.1) is 0 Å². The summed E-state index contributed by atoms with van der Waals surface area (Å²) in [7, 11) is 0. The molecular formula is C19H19F3N4O2. The number of carbonyl (C=O) groups excluding carboxylic acids is 1. The van der Waals surface area contributed by atoms with Crippen LogP contribution in [0.2, 0.25) is 0 Å². The van der Waals surface area contributed by atoms with Gasteiger partial charge in [-0.3, -0.25) is 9.69 Å². The van der Waals surface area contributed by atoms with Crippen LogP contribution in [-0.4, -0.2) is 45.3 Å². The van der Waals surface area contributed by atoms with Gasteiger partial charge in [-0.2, -0.15) is 18.2 Å². The highest BCUT2D eigenvalue weighted by Crippen LogP contribution is 2.46. The average molecular weight is 392 g/mol. The van der Waals surface area contributed by atoms with E-state index in [2.05, 4.69) is 24.6 Å². The van der Waals surface area contributed by atoms with Crippen LogP contribution in [0.25, 0.3) is 11.4 Å². The lowest BCUT2D eigenvalue weighted by Crippen LogP contribution is -2.64. The van der Waals surface area contributed by atoms with Gasteiger partial charge in [0, 0.05) is 35.5 Å². The maximum atomic E-state index is 12.5. The first-order valence-electron chi connectivity index (χ1n) is 9.12. The molecule has 1 aromatic heterocycles. The van der Waals surface area contributed by atoms with Crippen molar-refractivity contribution in [3.05, 3.63) is 35.7 Å². The second kappa shape index (κ2) is 6.80. The highest BCUT2D eigenvalue weighted by Gasteiger charge is 2.48. The van der Waals surface area contributed by atoms with Crippen molar-refractivity contribution in [3.8, 4) is 11.4 Å². The van der Waals surface area contributed by atoms with E-state index in [-0.39, 0.29) is 11.7 Å². The van der Waals surface area contributed by atoms with Gasteiger partial charge in [-0.15, -0.1) is 0 Å². The lowest BCUT2D eigenvalue weighted by molar-refractivity contribution is -0.159. The Morgan fingerprint density at radius 1 is 1.25 bits per heavy atom. The summed E-state index contributed by atoms with van der Waals surface area (Å²) in [6.07, 6.45) is 0.246. The zero-order chi connectivity index (χ0) is 19.9. The summed E-state index contributed by atoms with van der Waals surface area (Å²) in [5, 5.41) is 3.33. The molecule has 1 saturated heterocycles. The average Bonchev–Trinajstić information content (AvgIpc) is 3.08. The predicted molar refractivity (Wildman–Crippen MR) is 94.9 cm³/mol. The van der Waals surface area contributed by atoms with E-state index >= 15 is 0 Å². The van der Waals surface area contributed by atoms with Crippen LogP contribution >= 0.6 is 0 Å². The van der Waals surface area contributed by atoms with E-state index in [1.54, 1.807) is 0 Å². The number of aromatic nitrogens is 2. The molecule has 6 nitrogen and oxygen atoms in total. The van der Waals surface area contributed by atoms with Crippen LogP contribution in [-0.2, 0) is 6.18 Å². The van der Waals surface area contributed by atoms with Crippen molar-refractivity contribution < 1.29 is 22.5 Å². The molecule has 0 unspecified atom stereocenters. The quantitative estimate of drug-likeness (QED) is 0.736. The molecule has 28 heavy (non-hydrogen) atoms. The number of halogens is 3. The topological polar surface area (TPSA) is 71.6 Å². The Kier molecular flexibility index (Phi) is 4.57. The minimum atomic E-state index is -4.69. The fraction of sp³-hybridized carbons (Fsp3) is 0.474. The number of hydrogen-bond donors (Lipinski definition) is 0. The smallest absolute Gasteiger partial charge is 0.329 e. The Bertz CT molecular complexity index is 908. The fourth-order valence-electron chi connectivity index (χ4n) is 3.75. The molecule has 9 heteroatoms. The summed E-state index contributed by atoms with van der Waals surface area (Å²) < 4.78 is 41.8. The molecule has 1 saturated carbocycles. The molecule has 0 atom stereocenters. The SMILES string of the molecule is CC(CN1CCC12CCC2)=NC(=O)c1ccc(-c2noc(C(F)(F)F)n2)cc1. The maximum absolute atomic E-state index is 12.5.